The van der Waals surface area contributed by atoms with Crippen LogP contribution in [0.4, 0.5) is 10.3 Å². The van der Waals surface area contributed by atoms with Gasteiger partial charge in [0.15, 0.2) is 5.65 Å². The smallest absolute Gasteiger partial charge is 0.243 e. The molecule has 1 N–H and O–H groups in total. The van der Waals surface area contributed by atoms with E-state index >= 15 is 0 Å². The second-order valence-corrected chi connectivity index (χ2v) is 4.94. The van der Waals surface area contributed by atoms with Gasteiger partial charge < -0.3 is 10.2 Å². The summed E-state index contributed by atoms with van der Waals surface area (Å²) in [5.41, 5.74) is 0.642. The SMILES string of the molecule is CC(C)N(C)CCCNc1nc2ccc(F)cn2n1. The minimum Gasteiger partial charge on any atom is -0.353 e. The van der Waals surface area contributed by atoms with E-state index in [-0.39, 0.29) is 5.82 Å². The summed E-state index contributed by atoms with van der Waals surface area (Å²) < 4.78 is 14.4. The van der Waals surface area contributed by atoms with E-state index in [9.17, 15) is 4.39 Å². The largest absolute Gasteiger partial charge is 0.353 e. The maximum absolute atomic E-state index is 13.0. The lowest BCUT2D eigenvalue weighted by molar-refractivity contribution is 0.273. The molecule has 0 saturated carbocycles. The first-order valence-corrected chi connectivity index (χ1v) is 6.52. The minimum atomic E-state index is -0.317. The summed E-state index contributed by atoms with van der Waals surface area (Å²) in [6.45, 7) is 6.17. The Morgan fingerprint density at radius 1 is 1.42 bits per heavy atom. The molecule has 0 aliphatic heterocycles. The predicted octanol–water partition coefficient (Wildman–Crippen LogP) is 2.01. The van der Waals surface area contributed by atoms with E-state index in [1.54, 1.807) is 6.07 Å². The molecule has 0 saturated heterocycles. The van der Waals surface area contributed by atoms with Gasteiger partial charge in [-0.15, -0.1) is 5.10 Å². The molecule has 0 radical (unpaired) electrons. The van der Waals surface area contributed by atoms with Gasteiger partial charge in [0.25, 0.3) is 0 Å². The molecular weight excluding hydrogens is 245 g/mol. The monoisotopic (exact) mass is 265 g/mol. The predicted molar refractivity (Wildman–Crippen MR) is 73.8 cm³/mol. The van der Waals surface area contributed by atoms with Crippen LogP contribution in [0.3, 0.4) is 0 Å². The highest BCUT2D eigenvalue weighted by atomic mass is 19.1. The van der Waals surface area contributed by atoms with E-state index in [4.69, 9.17) is 0 Å². The maximum Gasteiger partial charge on any atom is 0.243 e. The van der Waals surface area contributed by atoms with Gasteiger partial charge in [0.1, 0.15) is 5.82 Å². The summed E-state index contributed by atoms with van der Waals surface area (Å²) in [6, 6.07) is 3.54. The van der Waals surface area contributed by atoms with Crippen LogP contribution in [0.25, 0.3) is 5.65 Å². The van der Waals surface area contributed by atoms with E-state index in [2.05, 4.69) is 41.2 Å². The third-order valence-corrected chi connectivity index (χ3v) is 3.15. The molecule has 0 unspecified atom stereocenters. The lowest BCUT2D eigenvalue weighted by Gasteiger charge is -2.20. The van der Waals surface area contributed by atoms with Crippen molar-refractivity contribution < 1.29 is 4.39 Å². The van der Waals surface area contributed by atoms with Gasteiger partial charge in [0, 0.05) is 12.6 Å². The summed E-state index contributed by atoms with van der Waals surface area (Å²) >= 11 is 0. The van der Waals surface area contributed by atoms with Crippen molar-refractivity contribution in [3.63, 3.8) is 0 Å². The summed E-state index contributed by atoms with van der Waals surface area (Å²) in [5.74, 6) is 0.223. The van der Waals surface area contributed by atoms with Crippen molar-refractivity contribution in [1.29, 1.82) is 0 Å². The molecule has 2 aromatic rings. The third kappa shape index (κ3) is 3.64. The highest BCUT2D eigenvalue weighted by Gasteiger charge is 2.05. The number of anilines is 1. The van der Waals surface area contributed by atoms with Gasteiger partial charge in [-0.05, 0) is 46.0 Å². The second kappa shape index (κ2) is 5.97. The van der Waals surface area contributed by atoms with Crippen LogP contribution in [0, 0.1) is 5.82 Å². The van der Waals surface area contributed by atoms with Crippen molar-refractivity contribution in [2.75, 3.05) is 25.5 Å². The number of hydrogen-bond acceptors (Lipinski definition) is 4. The summed E-state index contributed by atoms with van der Waals surface area (Å²) in [4.78, 5) is 6.55. The molecule has 0 amide bonds. The first-order chi connectivity index (χ1) is 9.06. The van der Waals surface area contributed by atoms with Crippen molar-refractivity contribution in [2.24, 2.45) is 0 Å². The number of fused-ring (bicyclic) bond motifs is 1. The molecule has 5 nitrogen and oxygen atoms in total. The maximum atomic E-state index is 13.0. The lowest BCUT2D eigenvalue weighted by atomic mass is 10.3. The fraction of sp³-hybridized carbons (Fsp3) is 0.538. The van der Waals surface area contributed by atoms with Crippen LogP contribution in [0.1, 0.15) is 20.3 Å². The molecule has 0 aromatic carbocycles. The molecule has 0 aliphatic carbocycles. The van der Waals surface area contributed by atoms with Gasteiger partial charge in [0.05, 0.1) is 6.20 Å². The zero-order valence-electron chi connectivity index (χ0n) is 11.6. The van der Waals surface area contributed by atoms with E-state index in [0.717, 1.165) is 19.5 Å². The number of hydrogen-bond donors (Lipinski definition) is 1. The van der Waals surface area contributed by atoms with Crippen LogP contribution in [0.5, 0.6) is 0 Å². The summed E-state index contributed by atoms with van der Waals surface area (Å²) in [5, 5.41) is 7.32. The van der Waals surface area contributed by atoms with Crippen molar-refractivity contribution in [2.45, 2.75) is 26.3 Å². The number of nitrogens with zero attached hydrogens (tertiary/aromatic N) is 4. The summed E-state index contributed by atoms with van der Waals surface area (Å²) in [6.07, 6.45) is 2.33. The van der Waals surface area contributed by atoms with Crippen molar-refractivity contribution in [3.05, 3.63) is 24.1 Å². The highest BCUT2D eigenvalue weighted by Crippen LogP contribution is 2.06. The van der Waals surface area contributed by atoms with Crippen molar-refractivity contribution in [1.82, 2.24) is 19.5 Å². The number of halogens is 1. The van der Waals surface area contributed by atoms with E-state index < -0.39 is 0 Å². The van der Waals surface area contributed by atoms with E-state index in [1.807, 2.05) is 0 Å². The first kappa shape index (κ1) is 13.7. The average molecular weight is 265 g/mol. The Bertz CT molecular complexity index is 537. The van der Waals surface area contributed by atoms with Gasteiger partial charge in [-0.2, -0.15) is 4.98 Å². The Morgan fingerprint density at radius 3 is 2.95 bits per heavy atom. The molecule has 2 rings (SSSR count). The molecule has 2 heterocycles. The normalized spacial score (nSPS) is 11.7. The third-order valence-electron chi connectivity index (χ3n) is 3.15. The van der Waals surface area contributed by atoms with Crippen LogP contribution in [0.2, 0.25) is 0 Å². The van der Waals surface area contributed by atoms with Crippen LogP contribution in [-0.2, 0) is 0 Å². The van der Waals surface area contributed by atoms with Gasteiger partial charge in [-0.1, -0.05) is 0 Å². The molecule has 0 aliphatic rings. The lowest BCUT2D eigenvalue weighted by Crippen LogP contribution is -2.28. The van der Waals surface area contributed by atoms with Crippen LogP contribution >= 0.6 is 0 Å². The fourth-order valence-electron chi connectivity index (χ4n) is 1.72. The highest BCUT2D eigenvalue weighted by molar-refractivity contribution is 5.42. The Labute approximate surface area is 112 Å². The molecule has 0 fully saturated rings. The average Bonchev–Trinajstić information content (AvgIpc) is 2.75. The van der Waals surface area contributed by atoms with Gasteiger partial charge in [-0.3, -0.25) is 0 Å². The van der Waals surface area contributed by atoms with E-state index in [0.29, 0.717) is 17.6 Å². The number of nitrogens with one attached hydrogen (secondary N) is 1. The number of pyridine rings is 1. The zero-order valence-corrected chi connectivity index (χ0v) is 11.6. The van der Waals surface area contributed by atoms with Crippen molar-refractivity contribution >= 4 is 11.6 Å². The fourth-order valence-corrected chi connectivity index (χ4v) is 1.72. The van der Waals surface area contributed by atoms with Gasteiger partial charge in [0.2, 0.25) is 5.95 Å². The molecule has 2 aromatic heterocycles. The molecule has 104 valence electrons. The molecule has 19 heavy (non-hydrogen) atoms. The topological polar surface area (TPSA) is 45.5 Å². The minimum absolute atomic E-state index is 0.317. The molecule has 0 atom stereocenters. The zero-order chi connectivity index (χ0) is 13.8. The Hall–Kier alpha value is -1.69. The number of rotatable bonds is 6. The van der Waals surface area contributed by atoms with Crippen LogP contribution in [0.15, 0.2) is 18.3 Å². The standard InChI is InChI=1S/C13H20FN5/c1-10(2)18(3)8-4-7-15-13-16-12-6-5-11(14)9-19(12)17-13/h5-6,9-10H,4,7-8H2,1-3H3,(H,15,17). The molecule has 0 bridgehead atoms. The quantitative estimate of drug-likeness (QED) is 0.812. The Balaban J connectivity index is 1.85. The van der Waals surface area contributed by atoms with Gasteiger partial charge >= 0.3 is 0 Å². The Morgan fingerprint density at radius 2 is 2.21 bits per heavy atom. The van der Waals surface area contributed by atoms with Crippen LogP contribution < -0.4 is 5.32 Å². The van der Waals surface area contributed by atoms with Crippen molar-refractivity contribution in [3.8, 4) is 0 Å². The molecule has 0 spiro atoms. The summed E-state index contributed by atoms with van der Waals surface area (Å²) in [7, 11) is 2.11. The van der Waals surface area contributed by atoms with Gasteiger partial charge in [-0.25, -0.2) is 8.91 Å². The molecular formula is C13H20FN5. The van der Waals surface area contributed by atoms with Crippen LogP contribution in [-0.4, -0.2) is 45.7 Å². The Kier molecular flexibility index (Phi) is 4.31. The first-order valence-electron chi connectivity index (χ1n) is 6.52. The molecule has 6 heteroatoms. The second-order valence-electron chi connectivity index (χ2n) is 4.94. The number of aromatic nitrogens is 3. The van der Waals surface area contributed by atoms with E-state index in [1.165, 1.54) is 16.8 Å².